The fourth-order valence-corrected chi connectivity index (χ4v) is 17.5. The van der Waals surface area contributed by atoms with E-state index in [1.165, 1.54) is 86.7 Å². The standard InChI is InChI=1S/C42H28N2S2.C24H16ClNS.C18H13NS/c1-4-14-29(15-5-1)43(30-16-6-2-7-17-30)35-21-12-24-39-41(35)42-36(22-13-25-40(42)46-39)44(31-18-8-3-9-19-31)32-26-27-38-34(28-32)33-20-10-11-23-37(33)45-38;25-19-13-7-15-21-23(19)24-20(14-8-16-22(24)27-21)26(17-9-3-1-4-10-17)18-11-5-2-6-12-18;1-2-6-13(7-3-1)19-14-10-11-18-16(12-14)15-8-4-5-9-17(15)20-18/h1-28H;1-16H;1-12,19H. The molecule has 4 nitrogen and oxygen atoms in total. The third kappa shape index (κ3) is 11.3. The van der Waals surface area contributed by atoms with E-state index in [2.05, 4.69) is 317 Å². The van der Waals surface area contributed by atoms with Crippen LogP contribution in [0.4, 0.5) is 62.6 Å². The average Bonchev–Trinajstić information content (AvgIpc) is 1.59. The summed E-state index contributed by atoms with van der Waals surface area (Å²) in [5.41, 5.74) is 12.5. The van der Waals surface area contributed by atoms with Gasteiger partial charge < -0.3 is 20.0 Å². The van der Waals surface area contributed by atoms with Crippen molar-refractivity contribution in [3.63, 3.8) is 0 Å². The molecule has 9 heteroatoms. The predicted molar refractivity (Wildman–Crippen MR) is 410 cm³/mol. The van der Waals surface area contributed by atoms with Gasteiger partial charge in [0.15, 0.2) is 0 Å². The largest absolute Gasteiger partial charge is 0.356 e. The van der Waals surface area contributed by atoms with E-state index < -0.39 is 0 Å². The van der Waals surface area contributed by atoms with Crippen LogP contribution in [0, 0.1) is 0 Å². The second-order valence-corrected chi connectivity index (χ2v) is 27.3. The summed E-state index contributed by atoms with van der Waals surface area (Å²) in [5, 5.41) is 14.4. The third-order valence-corrected chi connectivity index (χ3v) is 21.6. The Kier molecular flexibility index (Phi) is 15.9. The van der Waals surface area contributed by atoms with E-state index >= 15 is 0 Å². The summed E-state index contributed by atoms with van der Waals surface area (Å²) < 4.78 is 10.3. The molecule has 0 amide bonds. The Bertz CT molecular complexity index is 5560. The van der Waals surface area contributed by atoms with Crippen molar-refractivity contribution in [2.45, 2.75) is 0 Å². The number of fused-ring (bicyclic) bond motifs is 12. The van der Waals surface area contributed by atoms with E-state index in [1.807, 2.05) is 76.5 Å². The number of rotatable bonds is 11. The molecule has 0 unspecified atom stereocenters. The van der Waals surface area contributed by atoms with Crippen molar-refractivity contribution in [2.75, 3.05) is 20.0 Å². The Labute approximate surface area is 560 Å². The van der Waals surface area contributed by atoms with Crippen LogP contribution in [-0.2, 0) is 0 Å². The van der Waals surface area contributed by atoms with E-state index in [0.717, 1.165) is 61.6 Å². The minimum atomic E-state index is 0.798. The van der Waals surface area contributed by atoms with Gasteiger partial charge in [0, 0.05) is 131 Å². The molecule has 0 radical (unpaired) electrons. The first-order valence-corrected chi connectivity index (χ1v) is 34.5. The second kappa shape index (κ2) is 25.6. The Hall–Kier alpha value is -10.6. The zero-order valence-electron chi connectivity index (χ0n) is 50.2. The van der Waals surface area contributed by atoms with Gasteiger partial charge >= 0.3 is 0 Å². The summed E-state index contributed by atoms with van der Waals surface area (Å²) >= 11 is 14.0. The molecule has 0 saturated carbocycles. The van der Waals surface area contributed by atoms with Crippen molar-refractivity contribution in [1.82, 2.24) is 0 Å². The fraction of sp³-hybridized carbons (Fsp3) is 0. The highest BCUT2D eigenvalue weighted by Crippen LogP contribution is 2.52. The Morgan fingerprint density at radius 1 is 0.215 bits per heavy atom. The molecule has 4 aromatic heterocycles. The molecule has 18 aromatic rings. The maximum Gasteiger partial charge on any atom is 0.0555 e. The molecule has 0 fully saturated rings. The number of para-hydroxylation sites is 6. The molecular formula is C84H57ClN4S4. The Morgan fingerprint density at radius 3 is 0.968 bits per heavy atom. The van der Waals surface area contributed by atoms with Gasteiger partial charge in [0.2, 0.25) is 0 Å². The van der Waals surface area contributed by atoms with Gasteiger partial charge in [0.05, 0.1) is 17.1 Å². The maximum atomic E-state index is 6.63. The average molecular weight is 1290 g/mol. The minimum absolute atomic E-state index is 0.798. The van der Waals surface area contributed by atoms with Crippen molar-refractivity contribution < 1.29 is 0 Å². The molecule has 444 valence electrons. The van der Waals surface area contributed by atoms with Crippen LogP contribution in [-0.4, -0.2) is 0 Å². The van der Waals surface area contributed by atoms with Crippen LogP contribution in [0.25, 0.3) is 80.7 Å². The molecule has 93 heavy (non-hydrogen) atoms. The van der Waals surface area contributed by atoms with Gasteiger partial charge in [-0.3, -0.25) is 0 Å². The zero-order valence-corrected chi connectivity index (χ0v) is 54.2. The first kappa shape index (κ1) is 57.6. The lowest BCUT2D eigenvalue weighted by molar-refractivity contribution is 1.29. The highest BCUT2D eigenvalue weighted by molar-refractivity contribution is 7.27. The summed E-state index contributed by atoms with van der Waals surface area (Å²) in [6, 6.07) is 120. The van der Waals surface area contributed by atoms with Crippen LogP contribution in [0.5, 0.6) is 0 Å². The molecule has 18 rings (SSSR count). The normalized spacial score (nSPS) is 11.3. The van der Waals surface area contributed by atoms with Gasteiger partial charge in [0.1, 0.15) is 0 Å². The number of nitrogens with zero attached hydrogens (tertiary/aromatic N) is 3. The quantitative estimate of drug-likeness (QED) is 0.139. The van der Waals surface area contributed by atoms with E-state index in [-0.39, 0.29) is 0 Å². The van der Waals surface area contributed by atoms with Crippen LogP contribution in [0.1, 0.15) is 0 Å². The number of halogens is 1. The SMILES string of the molecule is Clc1cccc2sc3cccc(N(c4ccccc4)c4ccccc4)c3c12.c1ccc(N(c2ccccc2)c2cccc3sc4cccc(N(c5ccccc5)c5ccc6sc7ccccc7c6c5)c4c23)cc1.c1ccc(Nc2ccc3sc4ccccc4c3c2)cc1. The predicted octanol–water partition coefficient (Wildman–Crippen LogP) is 27.3. The van der Waals surface area contributed by atoms with E-state index in [9.17, 15) is 0 Å². The maximum absolute atomic E-state index is 6.63. The molecule has 4 heterocycles. The fourth-order valence-electron chi connectivity index (χ4n) is 12.7. The molecule has 0 aliphatic heterocycles. The molecule has 1 N–H and O–H groups in total. The number of nitrogens with one attached hydrogen (secondary N) is 1. The number of benzene rings is 14. The van der Waals surface area contributed by atoms with Gasteiger partial charge in [-0.2, -0.15) is 0 Å². The smallest absolute Gasteiger partial charge is 0.0555 e. The van der Waals surface area contributed by atoms with Crippen molar-refractivity contribution in [1.29, 1.82) is 0 Å². The molecule has 0 spiro atoms. The summed E-state index contributed by atoms with van der Waals surface area (Å²) in [6.07, 6.45) is 0. The molecule has 0 aliphatic carbocycles. The number of hydrogen-bond acceptors (Lipinski definition) is 8. The van der Waals surface area contributed by atoms with E-state index in [0.29, 0.717) is 0 Å². The molecule has 0 saturated heterocycles. The first-order chi connectivity index (χ1) is 46.1. The molecule has 0 bridgehead atoms. The van der Waals surface area contributed by atoms with Gasteiger partial charge in [-0.1, -0.05) is 181 Å². The van der Waals surface area contributed by atoms with Crippen LogP contribution < -0.4 is 20.0 Å². The molecule has 0 aliphatic rings. The van der Waals surface area contributed by atoms with E-state index in [1.54, 1.807) is 11.3 Å². The van der Waals surface area contributed by atoms with Crippen molar-refractivity contribution in [2.24, 2.45) is 0 Å². The summed E-state index contributed by atoms with van der Waals surface area (Å²) in [5.74, 6) is 0. The van der Waals surface area contributed by atoms with Crippen LogP contribution in [0.2, 0.25) is 5.02 Å². The lowest BCUT2D eigenvalue weighted by Crippen LogP contribution is -2.11. The van der Waals surface area contributed by atoms with Gasteiger partial charge in [-0.05, 0) is 170 Å². The molecule has 14 aromatic carbocycles. The molecular weight excluding hydrogens is 1230 g/mol. The lowest BCUT2D eigenvalue weighted by Gasteiger charge is -2.28. The summed E-state index contributed by atoms with van der Waals surface area (Å²) in [7, 11) is 0. The van der Waals surface area contributed by atoms with Crippen molar-refractivity contribution >= 4 is 200 Å². The van der Waals surface area contributed by atoms with Crippen LogP contribution in [0.3, 0.4) is 0 Å². The van der Waals surface area contributed by atoms with Gasteiger partial charge in [-0.15, -0.1) is 45.3 Å². The minimum Gasteiger partial charge on any atom is -0.356 e. The highest BCUT2D eigenvalue weighted by Gasteiger charge is 2.24. The monoisotopic (exact) mass is 1280 g/mol. The number of hydrogen-bond donors (Lipinski definition) is 1. The van der Waals surface area contributed by atoms with Crippen LogP contribution in [0.15, 0.2) is 340 Å². The Balaban J connectivity index is 0.000000123. The number of thiophene rings is 4. The van der Waals surface area contributed by atoms with Gasteiger partial charge in [-0.25, -0.2) is 0 Å². The van der Waals surface area contributed by atoms with E-state index in [4.69, 9.17) is 11.6 Å². The van der Waals surface area contributed by atoms with Crippen molar-refractivity contribution in [3.05, 3.63) is 345 Å². The van der Waals surface area contributed by atoms with Gasteiger partial charge in [0.25, 0.3) is 0 Å². The second-order valence-electron chi connectivity index (χ2n) is 22.5. The Morgan fingerprint density at radius 2 is 0.527 bits per heavy atom. The molecule has 0 atom stereocenters. The summed E-state index contributed by atoms with van der Waals surface area (Å²) in [4.78, 5) is 7.13. The first-order valence-electron chi connectivity index (χ1n) is 30.9. The zero-order chi connectivity index (χ0) is 62.0. The number of anilines is 11. The summed E-state index contributed by atoms with van der Waals surface area (Å²) in [6.45, 7) is 0. The topological polar surface area (TPSA) is 21.8 Å². The van der Waals surface area contributed by atoms with Crippen molar-refractivity contribution in [3.8, 4) is 0 Å². The third-order valence-electron chi connectivity index (χ3n) is 16.8. The highest BCUT2D eigenvalue weighted by atomic mass is 35.5. The lowest BCUT2D eigenvalue weighted by atomic mass is 10.0. The van der Waals surface area contributed by atoms with Crippen LogP contribution >= 0.6 is 56.9 Å².